The van der Waals surface area contributed by atoms with Crippen molar-refractivity contribution in [2.24, 2.45) is 0 Å². The van der Waals surface area contributed by atoms with Gasteiger partial charge in [-0.1, -0.05) is 18.2 Å². The van der Waals surface area contributed by atoms with Crippen LogP contribution in [0.25, 0.3) is 16.8 Å². The predicted octanol–water partition coefficient (Wildman–Crippen LogP) is 4.93. The third-order valence-electron chi connectivity index (χ3n) is 5.00. The van der Waals surface area contributed by atoms with E-state index in [1.165, 1.54) is 13.2 Å². The number of aromatic nitrogens is 3. The van der Waals surface area contributed by atoms with Gasteiger partial charge in [-0.05, 0) is 49.7 Å². The molecule has 0 amide bonds. The molecule has 0 bridgehead atoms. The zero-order valence-corrected chi connectivity index (χ0v) is 16.9. The molecule has 0 radical (unpaired) electrons. The average Bonchev–Trinajstić information content (AvgIpc) is 3.36. The third-order valence-corrected chi connectivity index (χ3v) is 5.00. The number of aromatic amines is 1. The molecule has 0 atom stereocenters. The Morgan fingerprint density at radius 1 is 1.17 bits per heavy atom. The molecule has 0 saturated carbocycles. The number of carboxylic acids is 1. The highest BCUT2D eigenvalue weighted by Gasteiger charge is 2.21. The van der Waals surface area contributed by atoms with Crippen LogP contribution in [0.5, 0.6) is 5.75 Å². The number of methoxy groups -OCH3 is 1. The zero-order chi connectivity index (χ0) is 21.3. The van der Waals surface area contributed by atoms with Crippen LogP contribution in [0, 0.1) is 13.8 Å². The first-order valence-corrected chi connectivity index (χ1v) is 9.46. The Morgan fingerprint density at radius 2 is 1.97 bits per heavy atom. The van der Waals surface area contributed by atoms with Gasteiger partial charge in [0.15, 0.2) is 0 Å². The number of aromatic carboxylic acids is 1. The van der Waals surface area contributed by atoms with Crippen LogP contribution in [-0.4, -0.2) is 33.0 Å². The number of nitrogens with one attached hydrogen (secondary N) is 2. The van der Waals surface area contributed by atoms with Crippen molar-refractivity contribution in [3.8, 4) is 22.6 Å². The molecular weight excluding hydrogens is 380 g/mol. The van der Waals surface area contributed by atoms with Gasteiger partial charge in [0, 0.05) is 23.5 Å². The molecule has 3 N–H and O–H groups in total. The molecule has 0 spiro atoms. The number of H-pyrrole nitrogens is 1. The number of hydrogen-bond donors (Lipinski definition) is 3. The minimum atomic E-state index is -1.04. The molecule has 4 aromatic rings. The largest absolute Gasteiger partial charge is 0.497 e. The molecule has 2 aromatic heterocycles. The number of ether oxygens (including phenoxy) is 1. The minimum absolute atomic E-state index is 0.115. The highest BCUT2D eigenvalue weighted by atomic mass is 16.5. The summed E-state index contributed by atoms with van der Waals surface area (Å²) < 4.78 is 7.02. The summed E-state index contributed by atoms with van der Waals surface area (Å²) in [7, 11) is 1.51. The maximum absolute atomic E-state index is 11.9. The van der Waals surface area contributed by atoms with Gasteiger partial charge in [0.1, 0.15) is 11.6 Å². The second-order valence-electron chi connectivity index (χ2n) is 6.95. The lowest BCUT2D eigenvalue weighted by Crippen LogP contribution is -2.08. The van der Waals surface area contributed by atoms with Gasteiger partial charge in [0.05, 0.1) is 29.7 Å². The molecular formula is C23H22N4O3. The van der Waals surface area contributed by atoms with Crippen LogP contribution in [0.2, 0.25) is 0 Å². The second-order valence-corrected chi connectivity index (χ2v) is 6.95. The van der Waals surface area contributed by atoms with Gasteiger partial charge in [0.2, 0.25) is 0 Å². The van der Waals surface area contributed by atoms with Gasteiger partial charge in [-0.2, -0.15) is 5.10 Å². The van der Waals surface area contributed by atoms with E-state index in [4.69, 9.17) is 9.84 Å². The molecule has 0 aliphatic rings. The number of rotatable bonds is 6. The number of hydrogen-bond acceptors (Lipinski definition) is 4. The Morgan fingerprint density at radius 3 is 2.63 bits per heavy atom. The van der Waals surface area contributed by atoms with Gasteiger partial charge in [0.25, 0.3) is 0 Å². The molecule has 0 saturated heterocycles. The van der Waals surface area contributed by atoms with Gasteiger partial charge in [-0.25, -0.2) is 9.48 Å². The molecule has 4 rings (SSSR count). The van der Waals surface area contributed by atoms with Crippen molar-refractivity contribution in [1.82, 2.24) is 14.8 Å². The van der Waals surface area contributed by atoms with E-state index < -0.39 is 5.97 Å². The Balaban J connectivity index is 1.93. The first-order chi connectivity index (χ1) is 14.5. The number of carboxylic acid groups (broad SMARTS) is 1. The van der Waals surface area contributed by atoms with E-state index in [0.717, 1.165) is 28.1 Å². The molecule has 0 aliphatic carbocycles. The fourth-order valence-corrected chi connectivity index (χ4v) is 3.51. The Hall–Kier alpha value is -4.00. The van der Waals surface area contributed by atoms with Crippen LogP contribution in [0.15, 0.2) is 60.9 Å². The summed E-state index contributed by atoms with van der Waals surface area (Å²) in [6, 6.07) is 14.8. The number of para-hydroxylation sites is 1. The maximum Gasteiger partial charge on any atom is 0.337 e. The highest BCUT2D eigenvalue weighted by molar-refractivity contribution is 5.96. The van der Waals surface area contributed by atoms with Gasteiger partial charge in [-0.15, -0.1) is 0 Å². The fourth-order valence-electron chi connectivity index (χ4n) is 3.51. The number of carbonyl (C=O) groups is 1. The van der Waals surface area contributed by atoms with E-state index in [1.807, 2.05) is 61.3 Å². The van der Waals surface area contributed by atoms with Gasteiger partial charge in [-0.3, -0.25) is 0 Å². The number of benzene rings is 2. The van der Waals surface area contributed by atoms with E-state index in [9.17, 15) is 9.90 Å². The third kappa shape index (κ3) is 3.41. The number of anilines is 2. The van der Waals surface area contributed by atoms with E-state index in [-0.39, 0.29) is 5.56 Å². The SMILES string of the molecule is COc1ccc(Nc2c(-c3cc[nH]c3)c(C)nn2-c2ccccc2C)c(C(=O)O)c1. The molecule has 152 valence electrons. The molecule has 7 heteroatoms. The average molecular weight is 402 g/mol. The van der Waals surface area contributed by atoms with Crippen LogP contribution in [-0.2, 0) is 0 Å². The smallest absolute Gasteiger partial charge is 0.337 e. The summed E-state index contributed by atoms with van der Waals surface area (Å²) in [6.07, 6.45) is 3.74. The summed E-state index contributed by atoms with van der Waals surface area (Å²) in [4.78, 5) is 15.0. The molecule has 2 aromatic carbocycles. The molecule has 7 nitrogen and oxygen atoms in total. The summed E-state index contributed by atoms with van der Waals surface area (Å²) in [6.45, 7) is 3.95. The normalized spacial score (nSPS) is 10.8. The van der Waals surface area contributed by atoms with Crippen molar-refractivity contribution in [1.29, 1.82) is 0 Å². The van der Waals surface area contributed by atoms with Gasteiger partial charge < -0.3 is 20.1 Å². The number of aryl methyl sites for hydroxylation is 2. The predicted molar refractivity (Wildman–Crippen MR) is 116 cm³/mol. The van der Waals surface area contributed by atoms with Crippen molar-refractivity contribution < 1.29 is 14.6 Å². The van der Waals surface area contributed by atoms with Crippen LogP contribution in [0.1, 0.15) is 21.6 Å². The first kappa shape index (κ1) is 19.3. The lowest BCUT2D eigenvalue weighted by molar-refractivity contribution is 0.0697. The summed E-state index contributed by atoms with van der Waals surface area (Å²) in [5, 5.41) is 17.8. The lowest BCUT2D eigenvalue weighted by atomic mass is 10.1. The van der Waals surface area contributed by atoms with E-state index in [2.05, 4.69) is 10.3 Å². The van der Waals surface area contributed by atoms with Gasteiger partial charge >= 0.3 is 5.97 Å². The first-order valence-electron chi connectivity index (χ1n) is 9.46. The molecule has 30 heavy (non-hydrogen) atoms. The second kappa shape index (κ2) is 7.79. The summed E-state index contributed by atoms with van der Waals surface area (Å²) >= 11 is 0. The van der Waals surface area contributed by atoms with Crippen LogP contribution in [0.3, 0.4) is 0 Å². The molecule has 0 fully saturated rings. The summed E-state index contributed by atoms with van der Waals surface area (Å²) in [5.41, 5.74) is 5.21. The van der Waals surface area contributed by atoms with Crippen molar-refractivity contribution in [3.63, 3.8) is 0 Å². The van der Waals surface area contributed by atoms with Crippen molar-refractivity contribution in [2.45, 2.75) is 13.8 Å². The Labute approximate surface area is 173 Å². The van der Waals surface area contributed by atoms with Crippen LogP contribution in [0.4, 0.5) is 11.5 Å². The standard InChI is InChI=1S/C23H22N4O3/c1-14-6-4-5-7-20(14)27-22(21(15(2)26-27)16-10-11-24-13-16)25-19-9-8-17(30-3)12-18(19)23(28)29/h4-13,24-25H,1-3H3,(H,28,29). The fraction of sp³-hybridized carbons (Fsp3) is 0.130. The summed E-state index contributed by atoms with van der Waals surface area (Å²) in [5.74, 6) is 0.125. The van der Waals surface area contributed by atoms with Crippen molar-refractivity contribution in [2.75, 3.05) is 12.4 Å². The van der Waals surface area contributed by atoms with Crippen LogP contribution >= 0.6 is 0 Å². The quantitative estimate of drug-likeness (QED) is 0.425. The Kier molecular flexibility index (Phi) is 5.02. The maximum atomic E-state index is 11.9. The van der Waals surface area contributed by atoms with E-state index in [1.54, 1.807) is 12.1 Å². The monoisotopic (exact) mass is 402 g/mol. The zero-order valence-electron chi connectivity index (χ0n) is 16.9. The van der Waals surface area contributed by atoms with Crippen molar-refractivity contribution >= 4 is 17.5 Å². The van der Waals surface area contributed by atoms with E-state index >= 15 is 0 Å². The lowest BCUT2D eigenvalue weighted by Gasteiger charge is -2.15. The molecule has 0 unspecified atom stereocenters. The van der Waals surface area contributed by atoms with Crippen molar-refractivity contribution in [3.05, 3.63) is 77.7 Å². The molecule has 0 aliphatic heterocycles. The molecule has 2 heterocycles. The topological polar surface area (TPSA) is 92.2 Å². The van der Waals surface area contributed by atoms with Crippen LogP contribution < -0.4 is 10.1 Å². The highest BCUT2D eigenvalue weighted by Crippen LogP contribution is 2.37. The minimum Gasteiger partial charge on any atom is -0.497 e. The van der Waals surface area contributed by atoms with E-state index in [0.29, 0.717) is 17.3 Å². The number of nitrogens with zero attached hydrogens (tertiary/aromatic N) is 2. The Bertz CT molecular complexity index is 1210.